The molecular formula is C22H20ClN3O2. The molecule has 0 bridgehead atoms. The van der Waals surface area contributed by atoms with Crippen molar-refractivity contribution in [1.29, 1.82) is 5.26 Å². The third kappa shape index (κ3) is 4.73. The molecule has 0 saturated heterocycles. The summed E-state index contributed by atoms with van der Waals surface area (Å²) in [4.78, 5) is 4.00. The number of aromatic nitrogens is 1. The van der Waals surface area contributed by atoms with Crippen molar-refractivity contribution in [2.24, 2.45) is 0 Å². The van der Waals surface area contributed by atoms with E-state index < -0.39 is 0 Å². The fourth-order valence-corrected chi connectivity index (χ4v) is 2.96. The van der Waals surface area contributed by atoms with Gasteiger partial charge in [-0.15, -0.1) is 0 Å². The van der Waals surface area contributed by atoms with Gasteiger partial charge in [-0.1, -0.05) is 17.7 Å². The van der Waals surface area contributed by atoms with E-state index in [1.54, 1.807) is 31.6 Å². The number of halogens is 1. The number of nitrogens with zero attached hydrogens (tertiary/aromatic N) is 2. The van der Waals surface area contributed by atoms with Crippen LogP contribution >= 0.6 is 11.6 Å². The van der Waals surface area contributed by atoms with Crippen LogP contribution in [0.3, 0.4) is 0 Å². The first-order chi connectivity index (χ1) is 13.6. The summed E-state index contributed by atoms with van der Waals surface area (Å²) in [6.07, 6.45) is 3.48. The third-order valence-corrected chi connectivity index (χ3v) is 4.62. The minimum absolute atomic E-state index is 0.00662. The first-order valence-corrected chi connectivity index (χ1v) is 9.14. The predicted octanol–water partition coefficient (Wildman–Crippen LogP) is 5.37. The van der Waals surface area contributed by atoms with E-state index in [1.165, 1.54) is 0 Å². The molecular weight excluding hydrogens is 374 g/mol. The van der Waals surface area contributed by atoms with Crippen molar-refractivity contribution >= 4 is 17.3 Å². The summed E-state index contributed by atoms with van der Waals surface area (Å²) in [5.74, 6) is 1.34. The number of nitriles is 1. The Morgan fingerprint density at radius 3 is 2.57 bits per heavy atom. The van der Waals surface area contributed by atoms with Gasteiger partial charge in [0.25, 0.3) is 0 Å². The molecule has 28 heavy (non-hydrogen) atoms. The zero-order valence-electron chi connectivity index (χ0n) is 15.6. The Morgan fingerprint density at radius 1 is 1.11 bits per heavy atom. The molecule has 1 heterocycles. The third-order valence-electron chi connectivity index (χ3n) is 4.30. The SMILES string of the molecule is COc1cc(C(C)Nc2ccc(C#N)c(Cl)c2)ccc1OCc1ccncc1. The summed E-state index contributed by atoms with van der Waals surface area (Å²) in [7, 11) is 1.62. The summed E-state index contributed by atoms with van der Waals surface area (Å²) in [6, 6.07) is 17.0. The van der Waals surface area contributed by atoms with E-state index in [9.17, 15) is 0 Å². The molecule has 0 amide bonds. The van der Waals surface area contributed by atoms with Crippen LogP contribution in [0.4, 0.5) is 5.69 Å². The number of anilines is 1. The van der Waals surface area contributed by atoms with Crippen LogP contribution in [0.5, 0.6) is 11.5 Å². The van der Waals surface area contributed by atoms with E-state index in [4.69, 9.17) is 26.3 Å². The lowest BCUT2D eigenvalue weighted by Crippen LogP contribution is -2.07. The second kappa shape index (κ2) is 9.12. The maximum absolute atomic E-state index is 8.99. The van der Waals surface area contributed by atoms with E-state index in [-0.39, 0.29) is 6.04 Å². The Balaban J connectivity index is 1.71. The summed E-state index contributed by atoms with van der Waals surface area (Å²) < 4.78 is 11.4. The number of hydrogen-bond donors (Lipinski definition) is 1. The first-order valence-electron chi connectivity index (χ1n) is 8.76. The number of ether oxygens (including phenoxy) is 2. The van der Waals surface area contributed by atoms with Gasteiger partial charge in [0, 0.05) is 24.1 Å². The van der Waals surface area contributed by atoms with E-state index in [0.717, 1.165) is 16.8 Å². The smallest absolute Gasteiger partial charge is 0.161 e. The van der Waals surface area contributed by atoms with Crippen LogP contribution in [0, 0.1) is 11.3 Å². The standard InChI is InChI=1S/C22H20ClN3O2/c1-15(26-19-5-3-18(13-24)20(23)12-19)17-4-6-21(22(11-17)27-2)28-14-16-7-9-25-10-8-16/h3-12,15,26H,14H2,1-2H3. The van der Waals surface area contributed by atoms with Crippen molar-refractivity contribution in [2.45, 2.75) is 19.6 Å². The molecule has 0 aliphatic carbocycles. The van der Waals surface area contributed by atoms with Crippen LogP contribution < -0.4 is 14.8 Å². The minimum Gasteiger partial charge on any atom is -0.493 e. The fraction of sp³-hybridized carbons (Fsp3) is 0.182. The molecule has 1 N–H and O–H groups in total. The van der Waals surface area contributed by atoms with E-state index in [0.29, 0.717) is 28.7 Å². The summed E-state index contributed by atoms with van der Waals surface area (Å²) in [5, 5.41) is 12.8. The molecule has 2 aromatic carbocycles. The van der Waals surface area contributed by atoms with Crippen LogP contribution in [-0.2, 0) is 6.61 Å². The lowest BCUT2D eigenvalue weighted by Gasteiger charge is -2.18. The van der Waals surface area contributed by atoms with Crippen molar-refractivity contribution in [3.63, 3.8) is 0 Å². The highest BCUT2D eigenvalue weighted by Crippen LogP contribution is 2.32. The second-order valence-electron chi connectivity index (χ2n) is 6.23. The molecule has 0 radical (unpaired) electrons. The summed E-state index contributed by atoms with van der Waals surface area (Å²) >= 11 is 6.11. The summed E-state index contributed by atoms with van der Waals surface area (Å²) in [5.41, 5.74) is 3.37. The van der Waals surface area contributed by atoms with E-state index in [2.05, 4.69) is 16.4 Å². The number of hydrogen-bond acceptors (Lipinski definition) is 5. The second-order valence-corrected chi connectivity index (χ2v) is 6.63. The number of pyridine rings is 1. The van der Waals surface area contributed by atoms with Gasteiger partial charge in [-0.25, -0.2) is 0 Å². The molecule has 5 nitrogen and oxygen atoms in total. The lowest BCUT2D eigenvalue weighted by atomic mass is 10.1. The minimum atomic E-state index is 0.00662. The molecule has 1 aromatic heterocycles. The van der Waals surface area contributed by atoms with Crippen LogP contribution in [0.25, 0.3) is 0 Å². The van der Waals surface area contributed by atoms with Crippen molar-refractivity contribution in [1.82, 2.24) is 4.98 Å². The van der Waals surface area contributed by atoms with Gasteiger partial charge in [-0.3, -0.25) is 4.98 Å². The maximum Gasteiger partial charge on any atom is 0.161 e. The Hall–Kier alpha value is -3.23. The number of nitrogens with one attached hydrogen (secondary N) is 1. The predicted molar refractivity (Wildman–Crippen MR) is 110 cm³/mol. The van der Waals surface area contributed by atoms with E-state index in [1.807, 2.05) is 43.3 Å². The average molecular weight is 394 g/mol. The Morgan fingerprint density at radius 2 is 1.89 bits per heavy atom. The quantitative estimate of drug-likeness (QED) is 0.584. The van der Waals surface area contributed by atoms with Crippen LogP contribution in [0.2, 0.25) is 5.02 Å². The molecule has 0 spiro atoms. The molecule has 3 aromatic rings. The topological polar surface area (TPSA) is 67.2 Å². The van der Waals surface area contributed by atoms with Gasteiger partial charge < -0.3 is 14.8 Å². The van der Waals surface area contributed by atoms with Crippen molar-refractivity contribution in [3.05, 3.63) is 82.6 Å². The van der Waals surface area contributed by atoms with Crippen molar-refractivity contribution in [3.8, 4) is 17.6 Å². The molecule has 0 aliphatic rings. The highest BCUT2D eigenvalue weighted by molar-refractivity contribution is 6.32. The van der Waals surface area contributed by atoms with Crippen molar-refractivity contribution in [2.75, 3.05) is 12.4 Å². The van der Waals surface area contributed by atoms with Gasteiger partial charge in [-0.2, -0.15) is 5.26 Å². The fourth-order valence-electron chi connectivity index (χ4n) is 2.74. The maximum atomic E-state index is 8.99. The largest absolute Gasteiger partial charge is 0.493 e. The highest BCUT2D eigenvalue weighted by Gasteiger charge is 2.12. The molecule has 142 valence electrons. The molecule has 0 aliphatic heterocycles. The zero-order chi connectivity index (χ0) is 19.9. The van der Waals surface area contributed by atoms with Gasteiger partial charge in [0.2, 0.25) is 0 Å². The normalized spacial score (nSPS) is 11.4. The molecule has 1 unspecified atom stereocenters. The Kier molecular flexibility index (Phi) is 6.36. The monoisotopic (exact) mass is 393 g/mol. The molecule has 6 heteroatoms. The Labute approximate surface area is 169 Å². The van der Waals surface area contributed by atoms with Crippen LogP contribution in [0.1, 0.15) is 29.7 Å². The van der Waals surface area contributed by atoms with E-state index >= 15 is 0 Å². The number of rotatable bonds is 7. The highest BCUT2D eigenvalue weighted by atomic mass is 35.5. The number of methoxy groups -OCH3 is 1. The lowest BCUT2D eigenvalue weighted by molar-refractivity contribution is 0.284. The zero-order valence-corrected chi connectivity index (χ0v) is 16.4. The van der Waals surface area contributed by atoms with Gasteiger partial charge in [0.15, 0.2) is 11.5 Å². The Bertz CT molecular complexity index is 987. The van der Waals surface area contributed by atoms with Gasteiger partial charge in [-0.05, 0) is 60.5 Å². The summed E-state index contributed by atoms with van der Waals surface area (Å²) in [6.45, 7) is 2.48. The molecule has 0 fully saturated rings. The van der Waals surface area contributed by atoms with Gasteiger partial charge in [0.05, 0.1) is 17.7 Å². The molecule has 3 rings (SSSR count). The number of benzene rings is 2. The van der Waals surface area contributed by atoms with Gasteiger partial charge in [0.1, 0.15) is 12.7 Å². The molecule has 1 atom stereocenters. The first kappa shape index (κ1) is 19.5. The van der Waals surface area contributed by atoms with Crippen LogP contribution in [-0.4, -0.2) is 12.1 Å². The van der Waals surface area contributed by atoms with Gasteiger partial charge >= 0.3 is 0 Å². The van der Waals surface area contributed by atoms with Crippen LogP contribution in [0.15, 0.2) is 60.9 Å². The average Bonchev–Trinajstić information content (AvgIpc) is 2.73. The molecule has 0 saturated carbocycles. The van der Waals surface area contributed by atoms with Crippen molar-refractivity contribution < 1.29 is 9.47 Å².